The molecule has 1 unspecified atom stereocenters. The van der Waals surface area contributed by atoms with Crippen molar-refractivity contribution in [2.45, 2.75) is 32.0 Å². The Balaban J connectivity index is 1.44. The molecule has 24 heavy (non-hydrogen) atoms. The number of H-pyrrole nitrogens is 1. The summed E-state index contributed by atoms with van der Waals surface area (Å²) < 4.78 is 14.0. The Morgan fingerprint density at radius 2 is 2.08 bits per heavy atom. The molecule has 0 amide bonds. The van der Waals surface area contributed by atoms with Crippen LogP contribution in [0.2, 0.25) is 0 Å². The van der Waals surface area contributed by atoms with E-state index < -0.39 is 12.1 Å². The summed E-state index contributed by atoms with van der Waals surface area (Å²) in [4.78, 5) is 4.13. The molecular formula is C17H19FN6. The van der Waals surface area contributed by atoms with Gasteiger partial charge in [-0.3, -0.25) is 5.10 Å². The summed E-state index contributed by atoms with van der Waals surface area (Å²) in [5, 5.41) is 16.4. The van der Waals surface area contributed by atoms with Crippen molar-refractivity contribution in [2.75, 3.05) is 10.6 Å². The van der Waals surface area contributed by atoms with Gasteiger partial charge in [0.15, 0.2) is 17.9 Å². The van der Waals surface area contributed by atoms with Gasteiger partial charge in [0, 0.05) is 23.4 Å². The second-order valence-electron chi connectivity index (χ2n) is 6.12. The molecule has 124 valence electrons. The van der Waals surface area contributed by atoms with Gasteiger partial charge < -0.3 is 16.0 Å². The van der Waals surface area contributed by atoms with Crippen LogP contribution in [0.3, 0.4) is 0 Å². The monoisotopic (exact) mass is 326 g/mol. The van der Waals surface area contributed by atoms with E-state index in [4.69, 9.17) is 0 Å². The largest absolute Gasteiger partial charge is 0.347 e. The molecule has 1 fully saturated rings. The number of nitrogens with one attached hydrogen (secondary N) is 4. The summed E-state index contributed by atoms with van der Waals surface area (Å²) in [7, 11) is 0. The van der Waals surface area contributed by atoms with E-state index in [-0.39, 0.29) is 5.82 Å². The van der Waals surface area contributed by atoms with Crippen molar-refractivity contribution in [3.05, 3.63) is 53.2 Å². The fourth-order valence-electron chi connectivity index (χ4n) is 2.63. The lowest BCUT2D eigenvalue weighted by Gasteiger charge is -2.24. The van der Waals surface area contributed by atoms with Crippen molar-refractivity contribution in [3.8, 4) is 0 Å². The van der Waals surface area contributed by atoms with Gasteiger partial charge in [-0.05, 0) is 31.4 Å². The molecule has 0 radical (unpaired) electrons. The maximum Gasteiger partial charge on any atom is 0.195 e. The third-order valence-electron chi connectivity index (χ3n) is 4.16. The van der Waals surface area contributed by atoms with Crippen LogP contribution in [0.15, 0.2) is 47.0 Å². The zero-order valence-corrected chi connectivity index (χ0v) is 13.3. The number of hydrogen-bond acceptors (Lipinski definition) is 5. The average molecular weight is 326 g/mol. The fourth-order valence-corrected chi connectivity index (χ4v) is 2.63. The Labute approximate surface area is 139 Å². The number of aromatic amines is 1. The molecule has 2 aliphatic rings. The van der Waals surface area contributed by atoms with Crippen molar-refractivity contribution < 1.29 is 4.39 Å². The van der Waals surface area contributed by atoms with Gasteiger partial charge in [0.1, 0.15) is 5.82 Å². The van der Waals surface area contributed by atoms with Crippen LogP contribution in [0, 0.1) is 6.92 Å². The summed E-state index contributed by atoms with van der Waals surface area (Å²) in [5.41, 5.74) is 3.14. The van der Waals surface area contributed by atoms with Crippen LogP contribution >= 0.6 is 0 Å². The van der Waals surface area contributed by atoms with Crippen LogP contribution in [0.4, 0.5) is 15.9 Å². The molecule has 1 aliphatic carbocycles. The number of allylic oxidation sites excluding steroid dienone is 1. The number of anilines is 2. The number of aliphatic imine (C=N–C) groups is 1. The van der Waals surface area contributed by atoms with Crippen LogP contribution in [0.25, 0.3) is 0 Å². The third-order valence-corrected chi connectivity index (χ3v) is 4.16. The van der Waals surface area contributed by atoms with E-state index in [1.807, 2.05) is 37.3 Å². The van der Waals surface area contributed by atoms with Crippen LogP contribution < -0.4 is 16.0 Å². The third kappa shape index (κ3) is 3.10. The molecule has 0 saturated heterocycles. The molecule has 1 aromatic heterocycles. The smallest absolute Gasteiger partial charge is 0.195 e. The van der Waals surface area contributed by atoms with Crippen LogP contribution in [-0.4, -0.2) is 22.7 Å². The van der Waals surface area contributed by atoms with E-state index in [0.717, 1.165) is 16.9 Å². The lowest BCUT2D eigenvalue weighted by molar-refractivity contribution is 0.587. The van der Waals surface area contributed by atoms with Gasteiger partial charge in [-0.2, -0.15) is 5.10 Å². The van der Waals surface area contributed by atoms with Crippen molar-refractivity contribution >= 4 is 17.7 Å². The Bertz CT molecular complexity index is 805. The fraction of sp³-hybridized carbons (Fsp3) is 0.294. The summed E-state index contributed by atoms with van der Waals surface area (Å²) in [6.07, 6.45) is 3.14. The predicted octanol–water partition coefficient (Wildman–Crippen LogP) is 3.22. The van der Waals surface area contributed by atoms with Gasteiger partial charge in [0.05, 0.1) is 6.21 Å². The molecule has 2 aromatic rings. The number of aryl methyl sites for hydroxylation is 1. The number of para-hydroxylation sites is 1. The molecule has 1 atom stereocenters. The van der Waals surface area contributed by atoms with Gasteiger partial charge in [0.2, 0.25) is 0 Å². The highest BCUT2D eigenvalue weighted by Crippen LogP contribution is 2.39. The van der Waals surface area contributed by atoms with E-state index in [2.05, 4.69) is 31.1 Å². The molecule has 1 aliphatic heterocycles. The first-order chi connectivity index (χ1) is 11.7. The molecule has 4 N–H and O–H groups in total. The summed E-state index contributed by atoms with van der Waals surface area (Å²) >= 11 is 0. The second-order valence-corrected chi connectivity index (χ2v) is 6.12. The quantitative estimate of drug-likeness (QED) is 0.680. The van der Waals surface area contributed by atoms with E-state index in [1.54, 1.807) is 0 Å². The highest BCUT2D eigenvalue weighted by molar-refractivity contribution is 5.79. The first-order valence-corrected chi connectivity index (χ1v) is 8.03. The van der Waals surface area contributed by atoms with E-state index >= 15 is 0 Å². The van der Waals surface area contributed by atoms with Gasteiger partial charge in [-0.1, -0.05) is 18.2 Å². The highest BCUT2D eigenvalue weighted by Gasteiger charge is 2.26. The van der Waals surface area contributed by atoms with Crippen molar-refractivity contribution in [1.82, 2.24) is 15.5 Å². The zero-order valence-electron chi connectivity index (χ0n) is 13.3. The Morgan fingerprint density at radius 3 is 2.88 bits per heavy atom. The number of aromatic nitrogens is 2. The number of halogens is 1. The van der Waals surface area contributed by atoms with Crippen LogP contribution in [-0.2, 0) is 0 Å². The molecule has 0 spiro atoms. The molecule has 1 aromatic carbocycles. The lowest BCUT2D eigenvalue weighted by atomic mass is 10.2. The topological polar surface area (TPSA) is 77.1 Å². The Morgan fingerprint density at radius 1 is 1.25 bits per heavy atom. The van der Waals surface area contributed by atoms with Crippen molar-refractivity contribution in [2.24, 2.45) is 4.99 Å². The van der Waals surface area contributed by atoms with Gasteiger partial charge in [-0.25, -0.2) is 9.38 Å². The molecule has 7 heteroatoms. The minimum atomic E-state index is -0.450. The average Bonchev–Trinajstić information content (AvgIpc) is 3.33. The zero-order chi connectivity index (χ0) is 16.5. The van der Waals surface area contributed by atoms with Gasteiger partial charge in [0.25, 0.3) is 0 Å². The van der Waals surface area contributed by atoms with E-state index in [0.29, 0.717) is 11.7 Å². The highest BCUT2D eigenvalue weighted by atomic mass is 19.1. The van der Waals surface area contributed by atoms with E-state index in [1.165, 1.54) is 19.1 Å². The number of rotatable bonds is 5. The standard InChI is InChI=1S/C17H19FN6/c1-10-4-2-3-5-13(10)20-17-19-9-12(18)16(22-17)21-15-8-14(23-24-15)11-6-7-11/h2-5,8-9,11,17,20,22H,6-7H2,1H3,(H2,21,23,24). The first-order valence-electron chi connectivity index (χ1n) is 8.03. The maximum atomic E-state index is 14.0. The predicted molar refractivity (Wildman–Crippen MR) is 92.5 cm³/mol. The molecular weight excluding hydrogens is 307 g/mol. The molecule has 1 saturated carbocycles. The lowest BCUT2D eigenvalue weighted by Crippen LogP contribution is -2.39. The van der Waals surface area contributed by atoms with Crippen LogP contribution in [0.5, 0.6) is 0 Å². The van der Waals surface area contributed by atoms with E-state index in [9.17, 15) is 4.39 Å². The minimum Gasteiger partial charge on any atom is -0.347 e. The van der Waals surface area contributed by atoms with Crippen LogP contribution in [0.1, 0.15) is 30.0 Å². The number of hydrogen-bond donors (Lipinski definition) is 4. The Hall–Kier alpha value is -2.83. The SMILES string of the molecule is Cc1ccccc1NC1N=CC(F)=C(Nc2cc(C3CC3)[nH]n2)N1. The number of nitrogens with zero attached hydrogens (tertiary/aromatic N) is 2. The molecule has 4 rings (SSSR count). The van der Waals surface area contributed by atoms with Gasteiger partial charge >= 0.3 is 0 Å². The Kier molecular flexibility index (Phi) is 3.68. The van der Waals surface area contributed by atoms with Crippen molar-refractivity contribution in [1.29, 1.82) is 0 Å². The minimum absolute atomic E-state index is 0.255. The molecule has 0 bridgehead atoms. The summed E-state index contributed by atoms with van der Waals surface area (Å²) in [6.45, 7) is 2.01. The molecule has 2 heterocycles. The van der Waals surface area contributed by atoms with Crippen molar-refractivity contribution in [3.63, 3.8) is 0 Å². The normalized spacial score (nSPS) is 20.0. The second kappa shape index (κ2) is 5.99. The summed E-state index contributed by atoms with van der Waals surface area (Å²) in [6, 6.07) is 9.81. The molecule has 6 nitrogen and oxygen atoms in total. The first kappa shape index (κ1) is 14.7. The number of benzene rings is 1. The maximum absolute atomic E-state index is 14.0. The van der Waals surface area contributed by atoms with Gasteiger partial charge in [-0.15, -0.1) is 0 Å². The summed E-state index contributed by atoms with van der Waals surface area (Å²) in [5.74, 6) is 0.974.